The highest BCUT2D eigenvalue weighted by Gasteiger charge is 2.18. The summed E-state index contributed by atoms with van der Waals surface area (Å²) in [6.07, 6.45) is 2.64. The van der Waals surface area contributed by atoms with Crippen LogP contribution in [0.5, 0.6) is 0 Å². The zero-order chi connectivity index (χ0) is 14.5. The lowest BCUT2D eigenvalue weighted by Gasteiger charge is -2.31. The van der Waals surface area contributed by atoms with Gasteiger partial charge in [0.2, 0.25) is 0 Å². The van der Waals surface area contributed by atoms with Gasteiger partial charge in [0.1, 0.15) is 4.99 Å². The van der Waals surface area contributed by atoms with Crippen LogP contribution in [0.2, 0.25) is 0 Å². The summed E-state index contributed by atoms with van der Waals surface area (Å²) >= 11 is 4.97. The van der Waals surface area contributed by atoms with Gasteiger partial charge in [-0.05, 0) is 51.5 Å². The Morgan fingerprint density at radius 2 is 1.90 bits per heavy atom. The van der Waals surface area contributed by atoms with Crippen LogP contribution >= 0.6 is 12.2 Å². The Bertz CT molecular complexity index is 436. The molecule has 0 saturated carbocycles. The second-order valence-corrected chi connectivity index (χ2v) is 6.44. The van der Waals surface area contributed by atoms with E-state index >= 15 is 0 Å². The molecule has 1 saturated heterocycles. The summed E-state index contributed by atoms with van der Waals surface area (Å²) in [6, 6.07) is 8.28. The molecule has 1 aromatic rings. The fraction of sp³-hybridized carbons (Fsp3) is 0.562. The van der Waals surface area contributed by atoms with E-state index in [1.165, 1.54) is 38.0 Å². The molecule has 1 aromatic carbocycles. The quantitative estimate of drug-likeness (QED) is 0.842. The van der Waals surface area contributed by atoms with Crippen molar-refractivity contribution >= 4 is 17.2 Å². The number of nitrogens with zero attached hydrogens (tertiary/aromatic N) is 2. The maximum Gasteiger partial charge on any atom is 0.103 e. The van der Waals surface area contributed by atoms with Gasteiger partial charge in [0, 0.05) is 18.7 Å². The van der Waals surface area contributed by atoms with Gasteiger partial charge in [-0.15, -0.1) is 0 Å². The molecule has 1 aliphatic heterocycles. The minimum Gasteiger partial charge on any atom is -0.389 e. The van der Waals surface area contributed by atoms with Gasteiger partial charge in [0.05, 0.1) is 0 Å². The molecule has 0 aromatic heterocycles. The molecule has 3 nitrogen and oxygen atoms in total. The molecule has 0 radical (unpaired) electrons. The Kier molecular flexibility index (Phi) is 5.52. The molecular formula is C16H25N3S. The van der Waals surface area contributed by atoms with Crippen molar-refractivity contribution in [3.63, 3.8) is 0 Å². The lowest BCUT2D eigenvalue weighted by Crippen LogP contribution is -2.35. The fourth-order valence-corrected chi connectivity index (χ4v) is 2.97. The summed E-state index contributed by atoms with van der Waals surface area (Å²) in [5.74, 6) is 0.840. The van der Waals surface area contributed by atoms with Gasteiger partial charge in [-0.1, -0.05) is 36.5 Å². The van der Waals surface area contributed by atoms with Crippen molar-refractivity contribution in [3.05, 3.63) is 35.4 Å². The molecule has 0 bridgehead atoms. The van der Waals surface area contributed by atoms with Crippen LogP contribution in [-0.2, 0) is 6.54 Å². The topological polar surface area (TPSA) is 32.5 Å². The molecule has 0 aliphatic carbocycles. The van der Waals surface area contributed by atoms with Crippen molar-refractivity contribution in [1.82, 2.24) is 9.80 Å². The van der Waals surface area contributed by atoms with Gasteiger partial charge in [0.15, 0.2) is 0 Å². The zero-order valence-corrected chi connectivity index (χ0v) is 13.3. The standard InChI is InChI=1S/C16H25N3S/c1-18-9-7-14(8-10-18)12-19(2)11-13-3-5-15(6-4-13)16(17)20/h3-6,14H,7-12H2,1-2H3,(H2,17,20). The number of nitrogens with two attached hydrogens (primary N) is 1. The third kappa shape index (κ3) is 4.54. The molecule has 2 N–H and O–H groups in total. The van der Waals surface area contributed by atoms with Gasteiger partial charge < -0.3 is 15.5 Å². The Labute approximate surface area is 127 Å². The van der Waals surface area contributed by atoms with Crippen LogP contribution < -0.4 is 5.73 Å². The van der Waals surface area contributed by atoms with E-state index in [4.69, 9.17) is 18.0 Å². The smallest absolute Gasteiger partial charge is 0.103 e. The third-order valence-corrected chi connectivity index (χ3v) is 4.33. The Morgan fingerprint density at radius 3 is 2.45 bits per heavy atom. The average molecular weight is 291 g/mol. The van der Waals surface area contributed by atoms with E-state index in [0.717, 1.165) is 18.0 Å². The van der Waals surface area contributed by atoms with Crippen LogP contribution in [-0.4, -0.2) is 48.5 Å². The highest BCUT2D eigenvalue weighted by atomic mass is 32.1. The van der Waals surface area contributed by atoms with Crippen LogP contribution in [0.3, 0.4) is 0 Å². The zero-order valence-electron chi connectivity index (χ0n) is 12.5. The number of benzene rings is 1. The highest BCUT2D eigenvalue weighted by Crippen LogP contribution is 2.17. The van der Waals surface area contributed by atoms with Crippen LogP contribution in [0, 0.1) is 5.92 Å². The summed E-state index contributed by atoms with van der Waals surface area (Å²) in [5, 5.41) is 0. The number of hydrogen-bond acceptors (Lipinski definition) is 3. The first-order valence-corrected chi connectivity index (χ1v) is 7.71. The Balaban J connectivity index is 1.81. The predicted octanol–water partition coefficient (Wildman–Crippen LogP) is 2.09. The summed E-state index contributed by atoms with van der Waals surface area (Å²) < 4.78 is 0. The fourth-order valence-electron chi connectivity index (χ4n) is 2.84. The van der Waals surface area contributed by atoms with E-state index in [-0.39, 0.29) is 0 Å². The maximum atomic E-state index is 5.62. The Hall–Kier alpha value is -0.970. The van der Waals surface area contributed by atoms with Crippen LogP contribution in [0.1, 0.15) is 24.0 Å². The third-order valence-electron chi connectivity index (χ3n) is 4.10. The summed E-state index contributed by atoms with van der Waals surface area (Å²) in [4.78, 5) is 5.31. The summed E-state index contributed by atoms with van der Waals surface area (Å²) in [7, 11) is 4.42. The maximum absolute atomic E-state index is 5.62. The number of hydrogen-bond donors (Lipinski definition) is 1. The van der Waals surface area contributed by atoms with Crippen molar-refractivity contribution in [2.75, 3.05) is 33.7 Å². The normalized spacial score (nSPS) is 17.6. The molecule has 110 valence electrons. The van der Waals surface area contributed by atoms with E-state index in [2.05, 4.69) is 36.0 Å². The average Bonchev–Trinajstić information content (AvgIpc) is 2.42. The molecule has 1 heterocycles. The molecule has 0 unspecified atom stereocenters. The van der Waals surface area contributed by atoms with Crippen LogP contribution in [0.25, 0.3) is 0 Å². The number of piperidine rings is 1. The van der Waals surface area contributed by atoms with Crippen molar-refractivity contribution < 1.29 is 0 Å². The van der Waals surface area contributed by atoms with Gasteiger partial charge in [0.25, 0.3) is 0 Å². The number of rotatable bonds is 5. The lowest BCUT2D eigenvalue weighted by molar-refractivity contribution is 0.173. The SMILES string of the molecule is CN1CCC(CN(C)Cc2ccc(C(N)=S)cc2)CC1. The number of likely N-dealkylation sites (tertiary alicyclic amines) is 1. The molecule has 2 rings (SSSR count). The summed E-state index contributed by atoms with van der Waals surface area (Å²) in [5.41, 5.74) is 7.88. The van der Waals surface area contributed by atoms with Crippen molar-refractivity contribution in [2.45, 2.75) is 19.4 Å². The van der Waals surface area contributed by atoms with Crippen molar-refractivity contribution in [3.8, 4) is 0 Å². The molecule has 0 amide bonds. The summed E-state index contributed by atoms with van der Waals surface area (Å²) in [6.45, 7) is 4.65. The predicted molar refractivity (Wildman–Crippen MR) is 88.9 cm³/mol. The molecule has 1 fully saturated rings. The van der Waals surface area contributed by atoms with Crippen LogP contribution in [0.4, 0.5) is 0 Å². The van der Waals surface area contributed by atoms with E-state index in [1.54, 1.807) is 0 Å². The second kappa shape index (κ2) is 7.16. The van der Waals surface area contributed by atoms with Gasteiger partial charge in [-0.2, -0.15) is 0 Å². The second-order valence-electron chi connectivity index (χ2n) is 6.00. The molecule has 1 aliphatic rings. The monoisotopic (exact) mass is 291 g/mol. The molecule has 4 heteroatoms. The number of thiocarbonyl (C=S) groups is 1. The van der Waals surface area contributed by atoms with E-state index < -0.39 is 0 Å². The van der Waals surface area contributed by atoms with Gasteiger partial charge in [-0.3, -0.25) is 0 Å². The van der Waals surface area contributed by atoms with Crippen LogP contribution in [0.15, 0.2) is 24.3 Å². The van der Waals surface area contributed by atoms with E-state index in [0.29, 0.717) is 4.99 Å². The first-order chi connectivity index (χ1) is 9.54. The minimum atomic E-state index is 0.469. The first kappa shape index (κ1) is 15.4. The molecule has 0 atom stereocenters. The van der Waals surface area contributed by atoms with Crippen molar-refractivity contribution in [2.24, 2.45) is 11.7 Å². The molecule has 0 spiro atoms. The van der Waals surface area contributed by atoms with Crippen molar-refractivity contribution in [1.29, 1.82) is 0 Å². The first-order valence-electron chi connectivity index (χ1n) is 7.30. The lowest BCUT2D eigenvalue weighted by atomic mass is 9.96. The van der Waals surface area contributed by atoms with E-state index in [9.17, 15) is 0 Å². The minimum absolute atomic E-state index is 0.469. The Morgan fingerprint density at radius 1 is 1.30 bits per heavy atom. The highest BCUT2D eigenvalue weighted by molar-refractivity contribution is 7.80. The van der Waals surface area contributed by atoms with Gasteiger partial charge in [-0.25, -0.2) is 0 Å². The van der Waals surface area contributed by atoms with Gasteiger partial charge >= 0.3 is 0 Å². The van der Waals surface area contributed by atoms with E-state index in [1.807, 2.05) is 12.1 Å². The molecular weight excluding hydrogens is 266 g/mol. The molecule has 20 heavy (non-hydrogen) atoms. The largest absolute Gasteiger partial charge is 0.389 e.